The normalized spacial score (nSPS) is 11.9. The molecule has 3 nitrogen and oxygen atoms in total. The zero-order chi connectivity index (χ0) is 13.6. The Morgan fingerprint density at radius 3 is 2.63 bits per heavy atom. The first-order valence-corrected chi connectivity index (χ1v) is 8.59. The van der Waals surface area contributed by atoms with Crippen molar-refractivity contribution in [3.8, 4) is 0 Å². The maximum Gasteiger partial charge on any atom is 0.191 e. The van der Waals surface area contributed by atoms with Crippen molar-refractivity contribution < 1.29 is 0 Å². The quantitative estimate of drug-likeness (QED) is 0.383. The molecule has 1 aromatic heterocycles. The van der Waals surface area contributed by atoms with Crippen LogP contribution in [0.1, 0.15) is 18.7 Å². The summed E-state index contributed by atoms with van der Waals surface area (Å²) in [6, 6.07) is 2.12. The minimum absolute atomic E-state index is 0. The molecule has 0 bridgehead atoms. The lowest BCUT2D eigenvalue weighted by atomic mass is 10.2. The highest BCUT2D eigenvalue weighted by molar-refractivity contribution is 14.0. The van der Waals surface area contributed by atoms with Gasteiger partial charge in [-0.3, -0.25) is 4.99 Å². The third kappa shape index (κ3) is 7.77. The van der Waals surface area contributed by atoms with E-state index in [0.717, 1.165) is 23.5 Å². The lowest BCUT2D eigenvalue weighted by Crippen LogP contribution is -2.42. The number of thioether (sulfide) groups is 1. The van der Waals surface area contributed by atoms with E-state index in [0.29, 0.717) is 0 Å². The fraction of sp³-hybridized carbons (Fsp3) is 0.583. The number of thiophene rings is 1. The summed E-state index contributed by atoms with van der Waals surface area (Å²) in [6.07, 6.45) is 2.13. The summed E-state index contributed by atoms with van der Waals surface area (Å²) < 4.78 is 1.35. The molecular formula is C12H21BrIN3S2. The topological polar surface area (TPSA) is 36.4 Å². The molecule has 0 aliphatic heterocycles. The predicted molar refractivity (Wildman–Crippen MR) is 103 cm³/mol. The molecule has 0 radical (unpaired) electrons. The molecule has 7 heteroatoms. The van der Waals surface area contributed by atoms with Crippen molar-refractivity contribution in [1.82, 2.24) is 10.6 Å². The second kappa shape index (κ2) is 9.46. The van der Waals surface area contributed by atoms with E-state index in [-0.39, 0.29) is 28.7 Å². The van der Waals surface area contributed by atoms with Crippen molar-refractivity contribution in [2.45, 2.75) is 25.1 Å². The molecule has 0 saturated heterocycles. The van der Waals surface area contributed by atoms with Gasteiger partial charge in [0.15, 0.2) is 5.96 Å². The van der Waals surface area contributed by atoms with Crippen LogP contribution in [-0.2, 0) is 6.54 Å². The van der Waals surface area contributed by atoms with Gasteiger partial charge in [0.2, 0.25) is 0 Å². The van der Waals surface area contributed by atoms with Gasteiger partial charge in [-0.05, 0) is 42.1 Å². The van der Waals surface area contributed by atoms with E-state index in [9.17, 15) is 0 Å². The van der Waals surface area contributed by atoms with Crippen LogP contribution in [0.4, 0.5) is 0 Å². The first-order valence-electron chi connectivity index (χ1n) is 5.69. The lowest BCUT2D eigenvalue weighted by molar-refractivity contribution is 0.665. The molecule has 1 aromatic rings. The fourth-order valence-corrected chi connectivity index (χ4v) is 2.81. The monoisotopic (exact) mass is 477 g/mol. The number of nitrogens with one attached hydrogen (secondary N) is 2. The van der Waals surface area contributed by atoms with E-state index in [1.54, 1.807) is 18.4 Å². The van der Waals surface area contributed by atoms with Crippen LogP contribution >= 0.6 is 63.0 Å². The van der Waals surface area contributed by atoms with Gasteiger partial charge in [0, 0.05) is 33.1 Å². The van der Waals surface area contributed by atoms with E-state index in [2.05, 4.69) is 63.1 Å². The van der Waals surface area contributed by atoms with Crippen LogP contribution in [0.15, 0.2) is 20.9 Å². The number of hydrogen-bond donors (Lipinski definition) is 2. The van der Waals surface area contributed by atoms with Crippen molar-refractivity contribution >= 4 is 69.0 Å². The smallest absolute Gasteiger partial charge is 0.191 e. The number of halogens is 2. The highest BCUT2D eigenvalue weighted by Gasteiger charge is 2.16. The van der Waals surface area contributed by atoms with Crippen LogP contribution in [-0.4, -0.2) is 30.6 Å². The van der Waals surface area contributed by atoms with Gasteiger partial charge in [-0.25, -0.2) is 0 Å². The molecule has 110 valence electrons. The summed E-state index contributed by atoms with van der Waals surface area (Å²) in [6.45, 7) is 6.13. The number of rotatable bonds is 5. The van der Waals surface area contributed by atoms with Crippen LogP contribution in [0.2, 0.25) is 0 Å². The molecule has 0 fully saturated rings. The Balaban J connectivity index is 0.00000324. The average molecular weight is 478 g/mol. The Kier molecular flexibility index (Phi) is 9.73. The molecule has 1 rings (SSSR count). The lowest BCUT2D eigenvalue weighted by Gasteiger charge is -2.23. The second-order valence-corrected chi connectivity index (χ2v) is 7.90. The Bertz CT molecular complexity index is 407. The molecule has 0 aromatic carbocycles. The SMILES string of the molecule is CN=C(NCc1cc(Br)cs1)NCC(C)(C)SC.I. The second-order valence-electron chi connectivity index (χ2n) is 4.47. The summed E-state index contributed by atoms with van der Waals surface area (Å²) in [5.41, 5.74) is 0. The zero-order valence-corrected chi connectivity index (χ0v) is 17.2. The van der Waals surface area contributed by atoms with Crippen molar-refractivity contribution in [2.75, 3.05) is 19.8 Å². The van der Waals surface area contributed by atoms with E-state index in [4.69, 9.17) is 0 Å². The summed E-state index contributed by atoms with van der Waals surface area (Å²) in [4.78, 5) is 5.51. The first kappa shape index (κ1) is 19.5. The van der Waals surface area contributed by atoms with Crippen LogP contribution in [0.3, 0.4) is 0 Å². The first-order chi connectivity index (χ1) is 8.46. The third-order valence-electron chi connectivity index (χ3n) is 2.51. The van der Waals surface area contributed by atoms with Crippen LogP contribution in [0, 0.1) is 0 Å². The highest BCUT2D eigenvalue weighted by atomic mass is 127. The molecule has 0 amide bonds. The van der Waals surface area contributed by atoms with Crippen LogP contribution in [0.5, 0.6) is 0 Å². The standard InChI is InChI=1S/C12H20BrN3S2.HI/c1-12(2,17-4)8-16-11(14-3)15-6-10-5-9(13)7-18-10;/h5,7H,6,8H2,1-4H3,(H2,14,15,16);1H. The molecule has 0 atom stereocenters. The Morgan fingerprint density at radius 2 is 2.16 bits per heavy atom. The van der Waals surface area contributed by atoms with E-state index in [1.807, 2.05) is 11.8 Å². The van der Waals surface area contributed by atoms with Crippen LogP contribution < -0.4 is 10.6 Å². The minimum atomic E-state index is 0. The maximum atomic E-state index is 4.23. The fourth-order valence-electron chi connectivity index (χ4n) is 1.21. The van der Waals surface area contributed by atoms with Gasteiger partial charge < -0.3 is 10.6 Å². The van der Waals surface area contributed by atoms with Gasteiger partial charge in [-0.1, -0.05) is 0 Å². The molecule has 1 heterocycles. The molecule has 0 aliphatic carbocycles. The van der Waals surface area contributed by atoms with E-state index < -0.39 is 0 Å². The van der Waals surface area contributed by atoms with Gasteiger partial charge in [0.05, 0.1) is 6.54 Å². The summed E-state index contributed by atoms with van der Waals surface area (Å²) in [5, 5.41) is 8.75. The molecule has 19 heavy (non-hydrogen) atoms. The van der Waals surface area contributed by atoms with Gasteiger partial charge in [0.25, 0.3) is 0 Å². The van der Waals surface area contributed by atoms with Crippen molar-refractivity contribution in [2.24, 2.45) is 4.99 Å². The molecule has 0 saturated carbocycles. The number of hydrogen-bond acceptors (Lipinski definition) is 3. The molecule has 0 unspecified atom stereocenters. The largest absolute Gasteiger partial charge is 0.355 e. The van der Waals surface area contributed by atoms with Gasteiger partial charge >= 0.3 is 0 Å². The molecular weight excluding hydrogens is 457 g/mol. The maximum absolute atomic E-state index is 4.23. The number of nitrogens with zero attached hydrogens (tertiary/aromatic N) is 1. The summed E-state index contributed by atoms with van der Waals surface area (Å²) in [7, 11) is 1.80. The van der Waals surface area contributed by atoms with Gasteiger partial charge in [0.1, 0.15) is 0 Å². The third-order valence-corrected chi connectivity index (χ3v) is 5.46. The molecule has 0 aliphatic rings. The Morgan fingerprint density at radius 1 is 1.47 bits per heavy atom. The van der Waals surface area contributed by atoms with Gasteiger partial charge in [-0.15, -0.1) is 35.3 Å². The van der Waals surface area contributed by atoms with Crippen molar-refractivity contribution in [1.29, 1.82) is 0 Å². The summed E-state index contributed by atoms with van der Waals surface area (Å²) in [5.74, 6) is 0.849. The van der Waals surface area contributed by atoms with Gasteiger partial charge in [-0.2, -0.15) is 11.8 Å². The molecule has 2 N–H and O–H groups in total. The minimum Gasteiger partial charge on any atom is -0.355 e. The number of aliphatic imine (C=N–C) groups is 1. The Hall–Kier alpha value is 0.530. The zero-order valence-electron chi connectivity index (χ0n) is 11.6. The predicted octanol–water partition coefficient (Wildman–Crippen LogP) is 3.94. The summed E-state index contributed by atoms with van der Waals surface area (Å²) >= 11 is 7.04. The molecule has 0 spiro atoms. The average Bonchev–Trinajstić information content (AvgIpc) is 2.75. The highest BCUT2D eigenvalue weighted by Crippen LogP contribution is 2.20. The van der Waals surface area contributed by atoms with Crippen LogP contribution in [0.25, 0.3) is 0 Å². The Labute approximate surface area is 149 Å². The van der Waals surface area contributed by atoms with E-state index in [1.165, 1.54) is 4.88 Å². The van der Waals surface area contributed by atoms with Crippen molar-refractivity contribution in [3.63, 3.8) is 0 Å². The number of guanidine groups is 1. The van der Waals surface area contributed by atoms with E-state index >= 15 is 0 Å². The van der Waals surface area contributed by atoms with Crippen molar-refractivity contribution in [3.05, 3.63) is 20.8 Å².